The van der Waals surface area contributed by atoms with Gasteiger partial charge < -0.3 is 0 Å². The van der Waals surface area contributed by atoms with Crippen molar-refractivity contribution in [3.63, 3.8) is 0 Å². The molecule has 0 aliphatic carbocycles. The molecule has 0 aliphatic heterocycles. The minimum Gasteiger partial charge on any atom is -0.261 e. The largest absolute Gasteiger partial charge is 0.261 e. The van der Waals surface area contributed by atoms with Crippen LogP contribution in [0.3, 0.4) is 0 Å². The number of nitrogens with one attached hydrogen (secondary N) is 1. The highest BCUT2D eigenvalue weighted by molar-refractivity contribution is 9.10. The van der Waals surface area contributed by atoms with Crippen LogP contribution in [-0.4, -0.2) is 15.7 Å². The van der Waals surface area contributed by atoms with Gasteiger partial charge in [0.15, 0.2) is 11.6 Å². The van der Waals surface area contributed by atoms with E-state index in [4.69, 9.17) is 4.98 Å². The molecule has 0 radical (unpaired) electrons. The summed E-state index contributed by atoms with van der Waals surface area (Å²) in [6.45, 7) is 1.97. The van der Waals surface area contributed by atoms with Gasteiger partial charge >= 0.3 is 0 Å². The van der Waals surface area contributed by atoms with Crippen LogP contribution in [0.4, 0.5) is 5.82 Å². The Morgan fingerprint density at radius 2 is 1.41 bits per heavy atom. The van der Waals surface area contributed by atoms with Crippen LogP contribution in [0.1, 0.15) is 12.5 Å². The summed E-state index contributed by atoms with van der Waals surface area (Å²) in [7, 11) is 0. The Morgan fingerprint density at radius 1 is 0.793 bits per heavy atom. The summed E-state index contributed by atoms with van der Waals surface area (Å²) in [4.78, 5) is 9.44. The quantitative estimate of drug-likeness (QED) is 0.287. The van der Waals surface area contributed by atoms with Crippen LogP contribution in [-0.2, 0) is 0 Å². The Morgan fingerprint density at radius 3 is 2.07 bits per heavy atom. The molecular formula is C24H19BrN4. The second kappa shape index (κ2) is 8.80. The first-order valence-electron chi connectivity index (χ1n) is 9.25. The third-order valence-corrected chi connectivity index (χ3v) is 4.96. The normalized spacial score (nSPS) is 11.3. The van der Waals surface area contributed by atoms with Crippen LogP contribution in [0.2, 0.25) is 0 Å². The van der Waals surface area contributed by atoms with E-state index in [1.807, 2.05) is 97.9 Å². The van der Waals surface area contributed by atoms with Gasteiger partial charge in [0.1, 0.15) is 0 Å². The maximum absolute atomic E-state index is 4.76. The molecule has 0 atom stereocenters. The third-order valence-electron chi connectivity index (χ3n) is 4.43. The van der Waals surface area contributed by atoms with Gasteiger partial charge in [-0.1, -0.05) is 88.7 Å². The first kappa shape index (κ1) is 19.0. The lowest BCUT2D eigenvalue weighted by molar-refractivity contribution is 1.15. The highest BCUT2D eigenvalue weighted by atomic mass is 79.9. The molecule has 0 saturated heterocycles. The van der Waals surface area contributed by atoms with E-state index in [1.54, 1.807) is 0 Å². The summed E-state index contributed by atoms with van der Waals surface area (Å²) in [6, 6.07) is 30.0. The first-order valence-corrected chi connectivity index (χ1v) is 10.0. The Bertz CT molecular complexity index is 1070. The molecule has 1 N–H and O–H groups in total. The van der Waals surface area contributed by atoms with Gasteiger partial charge in [0.25, 0.3) is 0 Å². The van der Waals surface area contributed by atoms with E-state index < -0.39 is 0 Å². The fourth-order valence-electron chi connectivity index (χ4n) is 2.87. The fraction of sp³-hybridized carbons (Fsp3) is 0.0417. The van der Waals surface area contributed by atoms with Gasteiger partial charge in [0, 0.05) is 21.7 Å². The molecule has 0 bridgehead atoms. The molecule has 0 unspecified atom stereocenters. The highest BCUT2D eigenvalue weighted by Gasteiger charge is 2.08. The van der Waals surface area contributed by atoms with E-state index >= 15 is 0 Å². The van der Waals surface area contributed by atoms with Crippen molar-refractivity contribution in [2.45, 2.75) is 6.92 Å². The number of aromatic nitrogens is 2. The zero-order chi connectivity index (χ0) is 20.1. The predicted molar refractivity (Wildman–Crippen MR) is 123 cm³/mol. The molecule has 0 spiro atoms. The molecule has 5 heteroatoms. The number of nitrogens with zero attached hydrogens (tertiary/aromatic N) is 3. The average Bonchev–Trinajstić information content (AvgIpc) is 2.79. The standard InChI is InChI=1S/C24H19BrN4/c1-17(18-12-14-21(25)15-13-18)28-29-23-16-22(19-8-4-2-5-9-19)26-24(27-23)20-10-6-3-7-11-20/h2-16H,1H3,(H,26,27,29)/b28-17-. The number of rotatable bonds is 5. The number of halogens is 1. The van der Waals surface area contributed by atoms with Crippen molar-refractivity contribution in [2.75, 3.05) is 5.43 Å². The summed E-state index contributed by atoms with van der Waals surface area (Å²) in [5, 5.41) is 4.52. The van der Waals surface area contributed by atoms with Crippen molar-refractivity contribution in [3.05, 3.63) is 101 Å². The minimum absolute atomic E-state index is 0.647. The van der Waals surface area contributed by atoms with Crippen molar-refractivity contribution in [1.82, 2.24) is 9.97 Å². The summed E-state index contributed by atoms with van der Waals surface area (Å²) >= 11 is 3.46. The Labute approximate surface area is 178 Å². The van der Waals surface area contributed by atoms with Gasteiger partial charge in [-0.2, -0.15) is 5.10 Å². The second-order valence-corrected chi connectivity index (χ2v) is 7.43. The summed E-state index contributed by atoms with van der Waals surface area (Å²) in [5.41, 5.74) is 7.86. The molecule has 0 fully saturated rings. The van der Waals surface area contributed by atoms with Gasteiger partial charge in [0.05, 0.1) is 11.4 Å². The minimum atomic E-state index is 0.647. The SMILES string of the molecule is C/C(=N/Nc1cc(-c2ccccc2)nc(-c2ccccc2)n1)c1ccc(Br)cc1. The number of benzene rings is 3. The van der Waals surface area contributed by atoms with Crippen LogP contribution in [0.25, 0.3) is 22.6 Å². The Hall–Kier alpha value is -3.31. The molecule has 142 valence electrons. The maximum Gasteiger partial charge on any atom is 0.162 e. The monoisotopic (exact) mass is 442 g/mol. The number of hydrogen-bond acceptors (Lipinski definition) is 4. The molecule has 1 aromatic heterocycles. The van der Waals surface area contributed by atoms with Gasteiger partial charge in [-0.05, 0) is 24.6 Å². The van der Waals surface area contributed by atoms with Crippen LogP contribution in [0, 0.1) is 0 Å². The average molecular weight is 443 g/mol. The van der Waals surface area contributed by atoms with Crippen LogP contribution < -0.4 is 5.43 Å². The first-order chi connectivity index (χ1) is 14.2. The maximum atomic E-state index is 4.76. The van der Waals surface area contributed by atoms with Crippen molar-refractivity contribution in [3.8, 4) is 22.6 Å². The van der Waals surface area contributed by atoms with Crippen LogP contribution in [0.5, 0.6) is 0 Å². The van der Waals surface area contributed by atoms with Gasteiger partial charge in [-0.15, -0.1) is 0 Å². The fourth-order valence-corrected chi connectivity index (χ4v) is 3.14. The molecule has 4 nitrogen and oxygen atoms in total. The van der Waals surface area contributed by atoms with Gasteiger partial charge in [0.2, 0.25) is 0 Å². The summed E-state index contributed by atoms with van der Waals surface area (Å²) < 4.78 is 1.04. The van der Waals surface area contributed by atoms with Crippen molar-refractivity contribution in [2.24, 2.45) is 5.10 Å². The Kier molecular flexibility index (Phi) is 5.77. The molecule has 0 amide bonds. The lowest BCUT2D eigenvalue weighted by Gasteiger charge is -2.09. The topological polar surface area (TPSA) is 50.2 Å². The van der Waals surface area contributed by atoms with E-state index in [9.17, 15) is 0 Å². The molecule has 4 rings (SSSR count). The highest BCUT2D eigenvalue weighted by Crippen LogP contribution is 2.24. The van der Waals surface area contributed by atoms with E-state index in [0.717, 1.165) is 32.6 Å². The van der Waals surface area contributed by atoms with E-state index in [2.05, 4.69) is 31.4 Å². The zero-order valence-electron chi connectivity index (χ0n) is 15.9. The predicted octanol–water partition coefficient (Wildman–Crippen LogP) is 6.41. The molecule has 0 saturated carbocycles. The van der Waals surface area contributed by atoms with E-state index in [-0.39, 0.29) is 0 Å². The van der Waals surface area contributed by atoms with Crippen molar-refractivity contribution in [1.29, 1.82) is 0 Å². The van der Waals surface area contributed by atoms with E-state index in [1.165, 1.54) is 0 Å². The molecular weight excluding hydrogens is 424 g/mol. The number of hydrazone groups is 1. The molecule has 1 heterocycles. The smallest absolute Gasteiger partial charge is 0.162 e. The van der Waals surface area contributed by atoms with Crippen LogP contribution >= 0.6 is 15.9 Å². The van der Waals surface area contributed by atoms with E-state index in [0.29, 0.717) is 11.6 Å². The molecule has 4 aromatic rings. The number of anilines is 1. The molecule has 29 heavy (non-hydrogen) atoms. The molecule has 0 aliphatic rings. The lowest BCUT2D eigenvalue weighted by atomic mass is 10.1. The van der Waals surface area contributed by atoms with Crippen molar-refractivity contribution >= 4 is 27.5 Å². The summed E-state index contributed by atoms with van der Waals surface area (Å²) in [5.74, 6) is 1.31. The van der Waals surface area contributed by atoms with Crippen molar-refractivity contribution < 1.29 is 0 Å². The third kappa shape index (κ3) is 4.76. The second-order valence-electron chi connectivity index (χ2n) is 6.51. The lowest BCUT2D eigenvalue weighted by Crippen LogP contribution is -2.03. The number of hydrogen-bond donors (Lipinski definition) is 1. The van der Waals surface area contributed by atoms with Crippen LogP contribution in [0.15, 0.2) is 101 Å². The van der Waals surface area contributed by atoms with Gasteiger partial charge in [-0.3, -0.25) is 5.43 Å². The summed E-state index contributed by atoms with van der Waals surface area (Å²) in [6.07, 6.45) is 0. The molecule has 3 aromatic carbocycles. The zero-order valence-corrected chi connectivity index (χ0v) is 17.5. The Balaban J connectivity index is 1.70. The van der Waals surface area contributed by atoms with Gasteiger partial charge in [-0.25, -0.2) is 9.97 Å².